The zero-order chi connectivity index (χ0) is 27.9. The molecule has 39 heavy (non-hydrogen) atoms. The van der Waals surface area contributed by atoms with Gasteiger partial charge in [-0.05, 0) is 53.1 Å². The maximum absolute atomic E-state index is 12.8. The van der Waals surface area contributed by atoms with Gasteiger partial charge >= 0.3 is 0 Å². The lowest BCUT2D eigenvalue weighted by Gasteiger charge is -2.15. The van der Waals surface area contributed by atoms with E-state index >= 15 is 0 Å². The molecule has 0 bridgehead atoms. The Bertz CT molecular complexity index is 1640. The van der Waals surface area contributed by atoms with Crippen LogP contribution in [-0.4, -0.2) is 17.4 Å². The third-order valence-corrected chi connectivity index (χ3v) is 6.26. The molecule has 0 atom stereocenters. The number of benzene rings is 4. The summed E-state index contributed by atoms with van der Waals surface area (Å²) in [5.74, 6) is -0.0598. The molecular weight excluding hydrogens is 541 g/mol. The molecule has 0 aromatic heterocycles. The number of anilines is 1. The minimum absolute atomic E-state index is 0.0378. The van der Waals surface area contributed by atoms with Crippen LogP contribution in [0, 0.1) is 21.4 Å². The molecule has 0 radical (unpaired) electrons. The van der Waals surface area contributed by atoms with Crippen LogP contribution in [0.2, 0.25) is 10.0 Å². The molecule has 0 aliphatic heterocycles. The Morgan fingerprint density at radius 2 is 1.82 bits per heavy atom. The number of hydrogen-bond acceptors (Lipinski definition) is 6. The standard InChI is InChI=1S/C29H21Cl2N3O5/c1-2-38-27-14-18(12-21(16-32)29(35)33-26-11-10-22(34(36)37)15-24(26)30)13-25(31)28(27)39-17-20-8-5-7-19-6-3-4-9-23(19)20/h3-15H,2,17H2,1H3,(H,33,35)/b21-12+. The van der Waals surface area contributed by atoms with E-state index in [1.165, 1.54) is 18.2 Å². The molecule has 0 aliphatic rings. The average Bonchev–Trinajstić information content (AvgIpc) is 2.92. The fourth-order valence-electron chi connectivity index (χ4n) is 3.87. The zero-order valence-corrected chi connectivity index (χ0v) is 22.1. The molecule has 10 heteroatoms. The van der Waals surface area contributed by atoms with Crippen LogP contribution in [0.3, 0.4) is 0 Å². The topological polar surface area (TPSA) is 114 Å². The van der Waals surface area contributed by atoms with E-state index in [0.717, 1.165) is 22.4 Å². The van der Waals surface area contributed by atoms with E-state index in [0.29, 0.717) is 23.7 Å². The minimum atomic E-state index is -0.751. The predicted octanol–water partition coefficient (Wildman–Crippen LogP) is 7.58. The number of nitrogens with zero attached hydrogens (tertiary/aromatic N) is 2. The van der Waals surface area contributed by atoms with E-state index < -0.39 is 10.8 Å². The van der Waals surface area contributed by atoms with E-state index in [4.69, 9.17) is 32.7 Å². The number of nitrogens with one attached hydrogen (secondary N) is 1. The number of fused-ring (bicyclic) bond motifs is 1. The van der Waals surface area contributed by atoms with E-state index in [1.54, 1.807) is 12.1 Å². The zero-order valence-electron chi connectivity index (χ0n) is 20.6. The van der Waals surface area contributed by atoms with E-state index in [-0.39, 0.29) is 33.6 Å². The number of nitro benzene ring substituents is 1. The molecular formula is C29H21Cl2N3O5. The smallest absolute Gasteiger partial charge is 0.271 e. The average molecular weight is 562 g/mol. The lowest BCUT2D eigenvalue weighted by Crippen LogP contribution is -2.13. The van der Waals surface area contributed by atoms with Crippen LogP contribution in [-0.2, 0) is 11.4 Å². The van der Waals surface area contributed by atoms with Crippen molar-refractivity contribution in [1.82, 2.24) is 0 Å². The summed E-state index contributed by atoms with van der Waals surface area (Å²) in [4.78, 5) is 23.1. The van der Waals surface area contributed by atoms with Crippen LogP contribution in [0.1, 0.15) is 18.1 Å². The second kappa shape index (κ2) is 12.3. The maximum Gasteiger partial charge on any atom is 0.271 e. The van der Waals surface area contributed by atoms with Gasteiger partial charge < -0.3 is 14.8 Å². The number of non-ortho nitro benzene ring substituents is 1. The van der Waals surface area contributed by atoms with Gasteiger partial charge in [0, 0.05) is 12.1 Å². The summed E-state index contributed by atoms with van der Waals surface area (Å²) < 4.78 is 11.8. The van der Waals surface area contributed by atoms with Gasteiger partial charge in [0.2, 0.25) is 0 Å². The van der Waals surface area contributed by atoms with Gasteiger partial charge in [-0.15, -0.1) is 0 Å². The van der Waals surface area contributed by atoms with Crippen LogP contribution < -0.4 is 14.8 Å². The fraction of sp³-hybridized carbons (Fsp3) is 0.103. The van der Waals surface area contributed by atoms with Gasteiger partial charge in [-0.1, -0.05) is 65.7 Å². The molecule has 4 rings (SSSR count). The van der Waals surface area contributed by atoms with Crippen LogP contribution >= 0.6 is 23.2 Å². The summed E-state index contributed by atoms with van der Waals surface area (Å²) in [7, 11) is 0. The lowest BCUT2D eigenvalue weighted by atomic mass is 10.1. The van der Waals surface area contributed by atoms with Crippen LogP contribution in [0.15, 0.2) is 78.4 Å². The number of carbonyl (C=O) groups excluding carboxylic acids is 1. The van der Waals surface area contributed by atoms with Crippen molar-refractivity contribution in [2.24, 2.45) is 0 Å². The Balaban J connectivity index is 1.58. The third-order valence-electron chi connectivity index (χ3n) is 5.67. The molecule has 0 spiro atoms. The van der Waals surface area contributed by atoms with Gasteiger partial charge in [0.1, 0.15) is 18.2 Å². The molecule has 0 heterocycles. The van der Waals surface area contributed by atoms with Gasteiger partial charge in [0.05, 0.1) is 27.3 Å². The Morgan fingerprint density at radius 3 is 2.54 bits per heavy atom. The Labute approximate surface area is 234 Å². The van der Waals surface area contributed by atoms with Gasteiger partial charge in [-0.25, -0.2) is 0 Å². The van der Waals surface area contributed by atoms with Crippen LogP contribution in [0.4, 0.5) is 11.4 Å². The van der Waals surface area contributed by atoms with E-state index in [1.807, 2.05) is 55.5 Å². The minimum Gasteiger partial charge on any atom is -0.490 e. The van der Waals surface area contributed by atoms with Crippen molar-refractivity contribution < 1.29 is 19.2 Å². The Kier molecular flexibility index (Phi) is 8.67. The molecule has 1 N–H and O–H groups in total. The maximum atomic E-state index is 12.8. The number of halogens is 2. The molecule has 4 aromatic carbocycles. The second-order valence-electron chi connectivity index (χ2n) is 8.24. The first-order valence-corrected chi connectivity index (χ1v) is 12.5. The van der Waals surface area contributed by atoms with Gasteiger partial charge in [0.25, 0.3) is 11.6 Å². The largest absolute Gasteiger partial charge is 0.490 e. The van der Waals surface area contributed by atoms with Crippen molar-refractivity contribution in [1.29, 1.82) is 5.26 Å². The Hall–Kier alpha value is -4.58. The van der Waals surface area contributed by atoms with E-state index in [2.05, 4.69) is 5.32 Å². The first-order valence-electron chi connectivity index (χ1n) is 11.7. The number of ether oxygens (including phenoxy) is 2. The Morgan fingerprint density at radius 1 is 1.05 bits per heavy atom. The highest BCUT2D eigenvalue weighted by Crippen LogP contribution is 2.38. The number of nitriles is 1. The van der Waals surface area contributed by atoms with Crippen molar-refractivity contribution >= 4 is 57.3 Å². The monoisotopic (exact) mass is 561 g/mol. The number of nitro groups is 1. The quantitative estimate of drug-likeness (QED) is 0.0974. The van der Waals surface area contributed by atoms with Crippen molar-refractivity contribution in [3.05, 3.63) is 110 Å². The fourth-order valence-corrected chi connectivity index (χ4v) is 4.36. The lowest BCUT2D eigenvalue weighted by molar-refractivity contribution is -0.384. The molecule has 0 unspecified atom stereocenters. The third kappa shape index (κ3) is 6.47. The molecule has 0 aliphatic carbocycles. The molecule has 196 valence electrons. The molecule has 4 aromatic rings. The van der Waals surface area contributed by atoms with Crippen molar-refractivity contribution in [3.63, 3.8) is 0 Å². The molecule has 0 fully saturated rings. The number of hydrogen-bond donors (Lipinski definition) is 1. The summed E-state index contributed by atoms with van der Waals surface area (Å²) in [6.45, 7) is 2.39. The van der Waals surface area contributed by atoms with Gasteiger partial charge in [-0.3, -0.25) is 14.9 Å². The molecule has 0 saturated carbocycles. The first kappa shape index (κ1) is 27.5. The molecule has 1 amide bonds. The summed E-state index contributed by atoms with van der Waals surface area (Å²) >= 11 is 12.6. The highest BCUT2D eigenvalue weighted by molar-refractivity contribution is 6.34. The molecule has 0 saturated heterocycles. The van der Waals surface area contributed by atoms with Gasteiger partial charge in [0.15, 0.2) is 11.5 Å². The summed E-state index contributed by atoms with van der Waals surface area (Å²) in [6, 6.07) is 22.6. The summed E-state index contributed by atoms with van der Waals surface area (Å²) in [5.41, 5.74) is 1.06. The highest BCUT2D eigenvalue weighted by Gasteiger charge is 2.17. The first-order chi connectivity index (χ1) is 18.8. The van der Waals surface area contributed by atoms with Crippen molar-refractivity contribution in [2.45, 2.75) is 13.5 Å². The van der Waals surface area contributed by atoms with Gasteiger partial charge in [-0.2, -0.15) is 5.26 Å². The summed E-state index contributed by atoms with van der Waals surface area (Å²) in [5, 5.41) is 25.4. The second-order valence-corrected chi connectivity index (χ2v) is 9.05. The predicted molar refractivity (Wildman–Crippen MR) is 151 cm³/mol. The van der Waals surface area contributed by atoms with Crippen molar-refractivity contribution in [2.75, 3.05) is 11.9 Å². The number of carbonyl (C=O) groups is 1. The van der Waals surface area contributed by atoms with Crippen LogP contribution in [0.5, 0.6) is 11.5 Å². The number of amides is 1. The molecule has 8 nitrogen and oxygen atoms in total. The summed E-state index contributed by atoms with van der Waals surface area (Å²) in [6.07, 6.45) is 1.34. The SMILES string of the molecule is CCOc1cc(/C=C(\C#N)C(=O)Nc2ccc([N+](=O)[O-])cc2Cl)cc(Cl)c1OCc1cccc2ccccc12. The van der Waals surface area contributed by atoms with E-state index in [9.17, 15) is 20.2 Å². The van der Waals surface area contributed by atoms with Crippen molar-refractivity contribution in [3.8, 4) is 17.6 Å². The number of rotatable bonds is 9. The normalized spacial score (nSPS) is 11.1. The van der Waals surface area contributed by atoms with Crippen LogP contribution in [0.25, 0.3) is 16.8 Å². The highest BCUT2D eigenvalue weighted by atomic mass is 35.5.